The monoisotopic (exact) mass is 321 g/mol. The van der Waals surface area contributed by atoms with E-state index in [4.69, 9.17) is 0 Å². The molecule has 0 N–H and O–H groups in total. The van der Waals surface area contributed by atoms with Crippen molar-refractivity contribution >= 4 is 15.6 Å². The van der Waals surface area contributed by atoms with E-state index >= 15 is 0 Å². The highest BCUT2D eigenvalue weighted by molar-refractivity contribution is 7.91. The molecule has 3 aromatic rings. The minimum Gasteiger partial charge on any atom is -0.289 e. The van der Waals surface area contributed by atoms with Crippen molar-refractivity contribution in [2.75, 3.05) is 0 Å². The van der Waals surface area contributed by atoms with Crippen molar-refractivity contribution in [1.29, 1.82) is 0 Å². The van der Waals surface area contributed by atoms with E-state index in [1.807, 2.05) is 0 Å². The van der Waals surface area contributed by atoms with Gasteiger partial charge in [0.25, 0.3) is 0 Å². The summed E-state index contributed by atoms with van der Waals surface area (Å²) in [5.74, 6) is -0.258. The Morgan fingerprint density at radius 1 is 0.739 bits per heavy atom. The van der Waals surface area contributed by atoms with Crippen molar-refractivity contribution in [3.05, 3.63) is 78.1 Å². The van der Waals surface area contributed by atoms with Crippen molar-refractivity contribution < 1.29 is 13.2 Å². The summed E-state index contributed by atoms with van der Waals surface area (Å²) in [6.07, 6.45) is 3.29. The van der Waals surface area contributed by atoms with Crippen molar-refractivity contribution in [2.24, 2.45) is 0 Å². The zero-order valence-corrected chi connectivity index (χ0v) is 12.7. The highest BCUT2D eigenvalue weighted by atomic mass is 32.2. The van der Waals surface area contributed by atoms with Gasteiger partial charge in [0, 0.05) is 23.5 Å². The third-order valence-electron chi connectivity index (χ3n) is 3.95. The number of ketones is 1. The zero-order chi connectivity index (χ0) is 16.0. The van der Waals surface area contributed by atoms with Gasteiger partial charge in [-0.15, -0.1) is 0 Å². The van der Waals surface area contributed by atoms with Gasteiger partial charge in [-0.25, -0.2) is 8.42 Å². The summed E-state index contributed by atoms with van der Waals surface area (Å²) in [6.45, 7) is 0. The summed E-state index contributed by atoms with van der Waals surface area (Å²) in [7, 11) is -3.70. The highest BCUT2D eigenvalue weighted by Crippen LogP contribution is 2.36. The van der Waals surface area contributed by atoms with E-state index in [-0.39, 0.29) is 26.7 Å². The summed E-state index contributed by atoms with van der Waals surface area (Å²) in [6, 6.07) is 14.8. The Hall–Kier alpha value is -2.79. The standard InChI is InChI=1S/C18H11NO3S/c20-18-14-3-1-2-4-16(14)23(21,22)17-11-13(5-6-15(17)18)12-7-9-19-10-8-12/h1-11H. The normalized spacial score (nSPS) is 14.9. The molecule has 0 fully saturated rings. The Kier molecular flexibility index (Phi) is 2.92. The third-order valence-corrected chi connectivity index (χ3v) is 5.80. The minimum atomic E-state index is -3.70. The van der Waals surface area contributed by atoms with Gasteiger partial charge in [0.15, 0.2) is 5.78 Å². The van der Waals surface area contributed by atoms with Crippen molar-refractivity contribution in [1.82, 2.24) is 4.98 Å². The van der Waals surface area contributed by atoms with Gasteiger partial charge in [-0.1, -0.05) is 18.2 Å². The van der Waals surface area contributed by atoms with Crippen LogP contribution in [-0.4, -0.2) is 19.2 Å². The lowest BCUT2D eigenvalue weighted by molar-refractivity contribution is 0.103. The maximum Gasteiger partial charge on any atom is 0.208 e. The maximum absolute atomic E-state index is 12.9. The second kappa shape index (κ2) is 4.86. The number of nitrogens with zero attached hydrogens (tertiary/aromatic N) is 1. The van der Waals surface area contributed by atoms with Gasteiger partial charge in [-0.2, -0.15) is 0 Å². The number of aromatic nitrogens is 1. The Bertz CT molecular complexity index is 1040. The Labute approximate surface area is 133 Å². The molecule has 0 bridgehead atoms. The molecule has 0 unspecified atom stereocenters. The third kappa shape index (κ3) is 2.01. The molecule has 5 heteroatoms. The van der Waals surface area contributed by atoms with Gasteiger partial charge >= 0.3 is 0 Å². The summed E-state index contributed by atoms with van der Waals surface area (Å²) >= 11 is 0. The molecule has 0 aliphatic carbocycles. The smallest absolute Gasteiger partial charge is 0.208 e. The Morgan fingerprint density at radius 2 is 1.43 bits per heavy atom. The number of sulfone groups is 1. The topological polar surface area (TPSA) is 64.1 Å². The summed E-state index contributed by atoms with van der Waals surface area (Å²) in [5, 5.41) is 0. The lowest BCUT2D eigenvalue weighted by Crippen LogP contribution is -2.20. The van der Waals surface area contributed by atoms with Crippen LogP contribution in [-0.2, 0) is 9.84 Å². The number of pyridine rings is 1. The number of hydrogen-bond donors (Lipinski definition) is 0. The molecule has 4 rings (SSSR count). The first-order valence-electron chi connectivity index (χ1n) is 7.02. The predicted molar refractivity (Wildman–Crippen MR) is 85.0 cm³/mol. The number of carbonyl (C=O) groups is 1. The summed E-state index contributed by atoms with van der Waals surface area (Å²) < 4.78 is 25.7. The fourth-order valence-electron chi connectivity index (χ4n) is 2.81. The van der Waals surface area contributed by atoms with E-state index in [1.165, 1.54) is 6.07 Å². The average Bonchev–Trinajstić information content (AvgIpc) is 2.60. The molecule has 112 valence electrons. The molecular weight excluding hydrogens is 310 g/mol. The van der Waals surface area contributed by atoms with E-state index in [0.717, 1.165) is 11.1 Å². The molecule has 0 amide bonds. The first-order valence-corrected chi connectivity index (χ1v) is 8.50. The first-order chi connectivity index (χ1) is 11.1. The van der Waals surface area contributed by atoms with Crippen LogP contribution in [0.3, 0.4) is 0 Å². The van der Waals surface area contributed by atoms with Gasteiger partial charge in [0.05, 0.1) is 9.79 Å². The van der Waals surface area contributed by atoms with Gasteiger partial charge in [0.1, 0.15) is 0 Å². The predicted octanol–water partition coefficient (Wildman–Crippen LogP) is 3.13. The zero-order valence-electron chi connectivity index (χ0n) is 11.9. The highest BCUT2D eigenvalue weighted by Gasteiger charge is 2.34. The molecule has 0 spiro atoms. The molecule has 2 aromatic carbocycles. The fraction of sp³-hybridized carbons (Fsp3) is 0. The van der Waals surface area contributed by atoms with Crippen LogP contribution in [0.5, 0.6) is 0 Å². The molecule has 1 aromatic heterocycles. The van der Waals surface area contributed by atoms with E-state index in [9.17, 15) is 13.2 Å². The largest absolute Gasteiger partial charge is 0.289 e. The van der Waals surface area contributed by atoms with E-state index in [2.05, 4.69) is 4.98 Å². The molecule has 0 saturated carbocycles. The van der Waals surface area contributed by atoms with Crippen LogP contribution >= 0.6 is 0 Å². The average molecular weight is 321 g/mol. The SMILES string of the molecule is O=C1c2ccccc2S(=O)(=O)c2cc(-c3ccncc3)ccc21. The van der Waals surface area contributed by atoms with Gasteiger partial charge in [-0.3, -0.25) is 9.78 Å². The van der Waals surface area contributed by atoms with E-state index in [0.29, 0.717) is 0 Å². The molecule has 4 nitrogen and oxygen atoms in total. The molecule has 0 radical (unpaired) electrons. The number of hydrogen-bond acceptors (Lipinski definition) is 4. The van der Waals surface area contributed by atoms with E-state index in [1.54, 1.807) is 60.9 Å². The molecule has 1 aliphatic rings. The number of carbonyl (C=O) groups excluding carboxylic acids is 1. The first kappa shape index (κ1) is 13.8. The van der Waals surface area contributed by atoms with Crippen LogP contribution in [0, 0.1) is 0 Å². The van der Waals surface area contributed by atoms with E-state index < -0.39 is 9.84 Å². The second-order valence-electron chi connectivity index (χ2n) is 5.28. The minimum absolute atomic E-state index is 0.0653. The van der Waals surface area contributed by atoms with Gasteiger partial charge < -0.3 is 0 Å². The number of benzene rings is 2. The van der Waals surface area contributed by atoms with Crippen LogP contribution < -0.4 is 0 Å². The van der Waals surface area contributed by atoms with Crippen LogP contribution in [0.2, 0.25) is 0 Å². The Morgan fingerprint density at radius 3 is 2.22 bits per heavy atom. The maximum atomic E-state index is 12.9. The van der Waals surface area contributed by atoms with Crippen molar-refractivity contribution in [3.8, 4) is 11.1 Å². The molecule has 23 heavy (non-hydrogen) atoms. The van der Waals surface area contributed by atoms with Crippen LogP contribution in [0.15, 0.2) is 76.8 Å². The molecule has 2 heterocycles. The van der Waals surface area contributed by atoms with Crippen LogP contribution in [0.4, 0.5) is 0 Å². The molecule has 0 saturated heterocycles. The van der Waals surface area contributed by atoms with Crippen LogP contribution in [0.25, 0.3) is 11.1 Å². The second-order valence-corrected chi connectivity index (χ2v) is 7.16. The van der Waals surface area contributed by atoms with Gasteiger partial charge in [0.2, 0.25) is 9.84 Å². The quantitative estimate of drug-likeness (QED) is 0.540. The summed E-state index contributed by atoms with van der Waals surface area (Å²) in [4.78, 5) is 16.7. The van der Waals surface area contributed by atoms with Crippen molar-refractivity contribution in [3.63, 3.8) is 0 Å². The molecule has 1 aliphatic heterocycles. The number of rotatable bonds is 1. The number of fused-ring (bicyclic) bond motifs is 2. The molecule has 0 atom stereocenters. The Balaban J connectivity index is 1.99. The van der Waals surface area contributed by atoms with Gasteiger partial charge in [-0.05, 0) is 47.5 Å². The van der Waals surface area contributed by atoms with Crippen molar-refractivity contribution in [2.45, 2.75) is 9.79 Å². The summed E-state index contributed by atoms with van der Waals surface area (Å²) in [5.41, 5.74) is 2.05. The lowest BCUT2D eigenvalue weighted by Gasteiger charge is -2.19. The lowest BCUT2D eigenvalue weighted by atomic mass is 9.99. The van der Waals surface area contributed by atoms with Crippen LogP contribution in [0.1, 0.15) is 15.9 Å². The fourth-order valence-corrected chi connectivity index (χ4v) is 4.49. The molecular formula is C18H11NO3S.